The van der Waals surface area contributed by atoms with Crippen LogP contribution in [-0.2, 0) is 104 Å². The van der Waals surface area contributed by atoms with E-state index in [9.17, 15) is 49.8 Å². The number of carboxylic acids is 2. The van der Waals surface area contributed by atoms with Crippen LogP contribution in [0, 0.1) is 5.92 Å². The molecule has 0 saturated carbocycles. The highest BCUT2D eigenvalue weighted by molar-refractivity contribution is 5.74. The summed E-state index contributed by atoms with van der Waals surface area (Å²) in [5.74, 6) is -5.64. The van der Waals surface area contributed by atoms with E-state index in [0.717, 1.165) is 6.92 Å². The van der Waals surface area contributed by atoms with Crippen LogP contribution in [0.3, 0.4) is 0 Å². The van der Waals surface area contributed by atoms with Crippen LogP contribution in [0.2, 0.25) is 0 Å². The molecule has 0 aliphatic carbocycles. The summed E-state index contributed by atoms with van der Waals surface area (Å²) in [6, 6.07) is -1.11. The van der Waals surface area contributed by atoms with Crippen molar-refractivity contribution in [1.82, 2.24) is 0 Å². The molecule has 5 fully saturated rings. The number of methoxy groups -OCH3 is 7. The summed E-state index contributed by atoms with van der Waals surface area (Å²) >= 11 is 0. The van der Waals surface area contributed by atoms with Crippen LogP contribution >= 0.6 is 0 Å². The molecule has 0 radical (unpaired) electrons. The molecule has 29 heteroatoms. The van der Waals surface area contributed by atoms with Crippen LogP contribution in [-0.4, -0.2) is 271 Å². The van der Waals surface area contributed by atoms with Crippen molar-refractivity contribution in [1.29, 1.82) is 0 Å². The SMILES string of the molecule is COC1C(OC)[C@H](O[C@H]2O[C@@H](COC(C)=O)[C@@H](O[C@@H]3OC(C(=O)O)[C@@H](O[C@H]4OC(COC(C)=O)[C@@H](OC)[C@H](OC)C4N)[C@H](OC)C3OC)C(C)C2O)[C@H](C(=O)O)O[C@H]1O[C@@H]1C(CO)O[C@H](OC)C(O)[C@H]1O. The highest BCUT2D eigenvalue weighted by Gasteiger charge is 2.59. The van der Waals surface area contributed by atoms with Crippen molar-refractivity contribution in [2.24, 2.45) is 11.7 Å². The number of hydrogen-bond donors (Lipinski definition) is 7. The normalized spacial score (nSPS) is 44.1. The zero-order valence-corrected chi connectivity index (χ0v) is 40.8. The number of hydrogen-bond acceptors (Lipinski definition) is 27. The van der Waals surface area contributed by atoms with E-state index in [1.165, 1.54) is 63.6 Å². The van der Waals surface area contributed by atoms with Gasteiger partial charge in [0.15, 0.2) is 43.7 Å². The molecule has 25 atom stereocenters. The predicted octanol–water partition coefficient (Wildman–Crippen LogP) is -4.78. The highest BCUT2D eigenvalue weighted by atomic mass is 16.8. The standard InChI is InChI=1S/C42H69NO28/c1-14-21(47)40(69-31-29(57-7)35(59-9)42(71-33(31)37(52)53)67-25-17(11-44)63-39(60-10)23(49)22(25)48)65-18(12-61-15(2)45)24(14)66-41-34(58-8)28(56-6)30(32(70-41)36(50)51)68-38-20(43)27(55-5)26(54-4)19(64-38)13-62-16(3)46/h14,17-35,38-42,44,47-49H,11-13,43H2,1-10H3,(H,50,51)(H,52,53)/t14?,17?,18-,19?,20?,21?,22+,23?,24-,25+,26+,27+,28-,29?,30-,31-,32?,33+,34?,35?,38+,39-,40+,41+,42+/m0/s1. The van der Waals surface area contributed by atoms with Gasteiger partial charge in [0.05, 0.1) is 18.8 Å². The van der Waals surface area contributed by atoms with Gasteiger partial charge in [-0.3, -0.25) is 9.59 Å². The molecular formula is C42H69NO28. The van der Waals surface area contributed by atoms with Gasteiger partial charge in [0.25, 0.3) is 0 Å². The minimum absolute atomic E-state index is 0.301. The molecule has 0 aromatic carbocycles. The minimum atomic E-state index is -1.98. The lowest BCUT2D eigenvalue weighted by Crippen LogP contribution is -2.69. The molecular weight excluding hydrogens is 966 g/mol. The third kappa shape index (κ3) is 13.1. The molecule has 0 bridgehead atoms. The van der Waals surface area contributed by atoms with E-state index in [1.54, 1.807) is 0 Å². The number of aliphatic hydroxyl groups is 4. The van der Waals surface area contributed by atoms with Gasteiger partial charge in [-0.15, -0.1) is 0 Å². The van der Waals surface area contributed by atoms with E-state index in [1.807, 2.05) is 0 Å². The van der Waals surface area contributed by atoms with Crippen LogP contribution in [0.25, 0.3) is 0 Å². The van der Waals surface area contributed by atoms with Crippen LogP contribution in [0.5, 0.6) is 0 Å². The molecule has 410 valence electrons. The Morgan fingerprint density at radius 1 is 0.451 bits per heavy atom. The van der Waals surface area contributed by atoms with Gasteiger partial charge in [-0.1, -0.05) is 6.92 Å². The molecule has 5 saturated heterocycles. The number of esters is 2. The highest BCUT2D eigenvalue weighted by Crippen LogP contribution is 2.39. The van der Waals surface area contributed by atoms with Crippen molar-refractivity contribution in [3.8, 4) is 0 Å². The lowest BCUT2D eigenvalue weighted by atomic mass is 9.89. The fourth-order valence-corrected chi connectivity index (χ4v) is 9.33. The Kier molecular flexibility index (Phi) is 22.0. The summed E-state index contributed by atoms with van der Waals surface area (Å²) in [6.45, 7) is 2.21. The summed E-state index contributed by atoms with van der Waals surface area (Å²) < 4.78 is 104. The molecule has 71 heavy (non-hydrogen) atoms. The van der Waals surface area contributed by atoms with Gasteiger partial charge in [0, 0.05) is 69.5 Å². The number of carbonyl (C=O) groups is 4. The first-order valence-corrected chi connectivity index (χ1v) is 22.5. The Hall–Kier alpha value is -2.96. The van der Waals surface area contributed by atoms with Crippen molar-refractivity contribution < 1.29 is 135 Å². The van der Waals surface area contributed by atoms with Crippen molar-refractivity contribution in [2.45, 2.75) is 168 Å². The zero-order valence-electron chi connectivity index (χ0n) is 40.8. The Morgan fingerprint density at radius 2 is 0.859 bits per heavy atom. The first-order chi connectivity index (χ1) is 33.7. The van der Waals surface area contributed by atoms with Crippen molar-refractivity contribution in [3.05, 3.63) is 0 Å². The zero-order chi connectivity index (χ0) is 52.6. The second-order valence-corrected chi connectivity index (χ2v) is 17.2. The Balaban J connectivity index is 1.39. The number of carboxylic acid groups (broad SMARTS) is 2. The molecule has 10 unspecified atom stereocenters. The molecule has 0 aromatic heterocycles. The molecule has 0 spiro atoms. The van der Waals surface area contributed by atoms with Crippen molar-refractivity contribution in [2.75, 3.05) is 69.6 Å². The quantitative estimate of drug-likeness (QED) is 0.0501. The number of nitrogens with two attached hydrogens (primary N) is 1. The van der Waals surface area contributed by atoms with Gasteiger partial charge < -0.3 is 122 Å². The number of ether oxygens (including phenoxy) is 18. The van der Waals surface area contributed by atoms with E-state index in [-0.39, 0.29) is 6.61 Å². The fraction of sp³-hybridized carbons (Fsp3) is 0.905. The second-order valence-electron chi connectivity index (χ2n) is 17.2. The third-order valence-electron chi connectivity index (χ3n) is 12.9. The Labute approximate surface area is 407 Å². The average molecular weight is 1040 g/mol. The number of aliphatic carboxylic acids is 2. The predicted molar refractivity (Wildman–Crippen MR) is 225 cm³/mol. The fourth-order valence-electron chi connectivity index (χ4n) is 9.33. The number of rotatable bonds is 22. The summed E-state index contributed by atoms with van der Waals surface area (Å²) in [5, 5.41) is 64.5. The minimum Gasteiger partial charge on any atom is -0.479 e. The van der Waals surface area contributed by atoms with Gasteiger partial charge in [-0.05, 0) is 0 Å². The molecule has 8 N–H and O–H groups in total. The van der Waals surface area contributed by atoms with Gasteiger partial charge in [0.1, 0.15) is 105 Å². The van der Waals surface area contributed by atoms with E-state index < -0.39 is 190 Å². The lowest BCUT2D eigenvalue weighted by molar-refractivity contribution is -0.386. The molecule has 29 nitrogen and oxygen atoms in total. The second kappa shape index (κ2) is 26.5. The van der Waals surface area contributed by atoms with Crippen LogP contribution in [0.4, 0.5) is 0 Å². The Morgan fingerprint density at radius 3 is 1.28 bits per heavy atom. The molecule has 5 heterocycles. The largest absolute Gasteiger partial charge is 0.479 e. The van der Waals surface area contributed by atoms with Crippen molar-refractivity contribution in [3.63, 3.8) is 0 Å². The monoisotopic (exact) mass is 1040 g/mol. The van der Waals surface area contributed by atoms with Crippen molar-refractivity contribution >= 4 is 23.9 Å². The van der Waals surface area contributed by atoms with Gasteiger partial charge in [0.2, 0.25) is 0 Å². The number of aliphatic hydroxyl groups excluding tert-OH is 4. The van der Waals surface area contributed by atoms with Gasteiger partial charge >= 0.3 is 23.9 Å². The molecule has 5 rings (SSSR count). The lowest BCUT2D eigenvalue weighted by Gasteiger charge is -2.51. The maximum atomic E-state index is 13.0. The van der Waals surface area contributed by atoms with Crippen LogP contribution in [0.1, 0.15) is 20.8 Å². The average Bonchev–Trinajstić information content (AvgIpc) is 3.34. The Bertz CT molecular complexity index is 1720. The molecule has 5 aliphatic heterocycles. The molecule has 5 aliphatic rings. The van der Waals surface area contributed by atoms with E-state index >= 15 is 0 Å². The summed E-state index contributed by atoms with van der Waals surface area (Å²) in [7, 11) is 8.84. The van der Waals surface area contributed by atoms with Crippen LogP contribution in [0.15, 0.2) is 0 Å². The van der Waals surface area contributed by atoms with E-state index in [0.29, 0.717) is 0 Å². The van der Waals surface area contributed by atoms with Gasteiger partial charge in [-0.25, -0.2) is 9.59 Å². The summed E-state index contributed by atoms with van der Waals surface area (Å²) in [5.41, 5.74) is 6.53. The molecule has 0 amide bonds. The number of carbonyl (C=O) groups excluding carboxylic acids is 2. The maximum absolute atomic E-state index is 13.0. The topological polar surface area (TPSA) is 382 Å². The first-order valence-electron chi connectivity index (χ1n) is 22.5. The van der Waals surface area contributed by atoms with E-state index in [4.69, 9.17) is 91.0 Å². The van der Waals surface area contributed by atoms with Gasteiger partial charge in [-0.2, -0.15) is 0 Å². The first kappa shape index (κ1) is 58.9. The maximum Gasteiger partial charge on any atom is 0.335 e. The van der Waals surface area contributed by atoms with Crippen LogP contribution < -0.4 is 5.73 Å². The summed E-state index contributed by atoms with van der Waals surface area (Å²) in [4.78, 5) is 49.8. The van der Waals surface area contributed by atoms with E-state index in [2.05, 4.69) is 0 Å². The third-order valence-corrected chi connectivity index (χ3v) is 12.9. The smallest absolute Gasteiger partial charge is 0.335 e. The molecule has 0 aromatic rings. The summed E-state index contributed by atoms with van der Waals surface area (Å²) in [6.07, 6.45) is -33.7.